The second kappa shape index (κ2) is 6.44. The summed E-state index contributed by atoms with van der Waals surface area (Å²) < 4.78 is 11.1. The highest BCUT2D eigenvalue weighted by Crippen LogP contribution is 2.29. The Labute approximate surface area is 120 Å². The fourth-order valence-electron chi connectivity index (χ4n) is 1.17. The van der Waals surface area contributed by atoms with E-state index >= 15 is 0 Å². The Kier molecular flexibility index (Phi) is 5.52. The van der Waals surface area contributed by atoms with E-state index < -0.39 is 5.97 Å². The maximum Gasteiger partial charge on any atom is 0.341 e. The van der Waals surface area contributed by atoms with Gasteiger partial charge >= 0.3 is 5.97 Å². The first-order chi connectivity index (χ1) is 7.95. The fraction of sp³-hybridized carbons (Fsp3) is 0.417. The van der Waals surface area contributed by atoms with Crippen LogP contribution in [0.15, 0.2) is 12.1 Å². The Morgan fingerprint density at radius 1 is 1.47 bits per heavy atom. The summed E-state index contributed by atoms with van der Waals surface area (Å²) in [6.07, 6.45) is 0. The zero-order chi connectivity index (χ0) is 13.0. The highest BCUT2D eigenvalue weighted by atomic mass is 127. The van der Waals surface area contributed by atoms with Crippen LogP contribution in [0.25, 0.3) is 0 Å². The van der Waals surface area contributed by atoms with Gasteiger partial charge in [-0.05, 0) is 40.6 Å². The molecule has 0 atom stereocenters. The Bertz CT molecular complexity index is 418. The van der Waals surface area contributed by atoms with Crippen LogP contribution in [0.2, 0.25) is 5.02 Å². The van der Waals surface area contributed by atoms with Gasteiger partial charge in [-0.2, -0.15) is 0 Å². The van der Waals surface area contributed by atoms with E-state index in [1.54, 1.807) is 12.1 Å². The molecular weight excluding hydrogens is 354 g/mol. The van der Waals surface area contributed by atoms with E-state index in [1.807, 2.05) is 13.8 Å². The van der Waals surface area contributed by atoms with E-state index in [0.29, 0.717) is 28.9 Å². The summed E-state index contributed by atoms with van der Waals surface area (Å²) in [6, 6.07) is 3.32. The lowest BCUT2D eigenvalue weighted by molar-refractivity contribution is 0.0595. The summed E-state index contributed by atoms with van der Waals surface area (Å²) in [5.74, 6) is 0.454. The van der Waals surface area contributed by atoms with Gasteiger partial charge in [0, 0.05) is 3.57 Å². The number of carbonyl (C=O) groups excluding carboxylic acids is 1. The van der Waals surface area contributed by atoms with Crippen molar-refractivity contribution in [2.24, 2.45) is 5.92 Å². The molecule has 0 aliphatic heterocycles. The number of halogens is 2. The lowest BCUT2D eigenvalue weighted by Gasteiger charge is -2.13. The molecule has 0 fully saturated rings. The lowest BCUT2D eigenvalue weighted by Crippen LogP contribution is -2.10. The van der Waals surface area contributed by atoms with E-state index in [-0.39, 0.29) is 0 Å². The van der Waals surface area contributed by atoms with Gasteiger partial charge in [-0.3, -0.25) is 0 Å². The maximum atomic E-state index is 11.6. The number of hydrogen-bond acceptors (Lipinski definition) is 3. The Hall–Kier alpha value is -0.490. The average Bonchev–Trinajstić information content (AvgIpc) is 2.29. The molecule has 0 spiro atoms. The van der Waals surface area contributed by atoms with Crippen LogP contribution in [0.5, 0.6) is 5.75 Å². The van der Waals surface area contributed by atoms with Crippen LogP contribution in [0.1, 0.15) is 24.2 Å². The van der Waals surface area contributed by atoms with Crippen molar-refractivity contribution in [2.45, 2.75) is 13.8 Å². The first-order valence-corrected chi connectivity index (χ1v) is 6.61. The number of esters is 1. The summed E-state index contributed by atoms with van der Waals surface area (Å²) in [4.78, 5) is 11.6. The van der Waals surface area contributed by atoms with E-state index in [4.69, 9.17) is 21.1 Å². The van der Waals surface area contributed by atoms with Crippen molar-refractivity contribution in [1.29, 1.82) is 0 Å². The molecule has 0 amide bonds. The van der Waals surface area contributed by atoms with Gasteiger partial charge in [0.25, 0.3) is 0 Å². The van der Waals surface area contributed by atoms with Crippen LogP contribution in [-0.4, -0.2) is 19.7 Å². The van der Waals surface area contributed by atoms with Crippen molar-refractivity contribution in [2.75, 3.05) is 13.7 Å². The largest absolute Gasteiger partial charge is 0.492 e. The van der Waals surface area contributed by atoms with E-state index in [2.05, 4.69) is 22.6 Å². The first kappa shape index (κ1) is 14.6. The number of ether oxygens (including phenoxy) is 2. The topological polar surface area (TPSA) is 35.5 Å². The molecule has 0 saturated heterocycles. The van der Waals surface area contributed by atoms with Crippen molar-refractivity contribution in [1.82, 2.24) is 0 Å². The van der Waals surface area contributed by atoms with Crippen LogP contribution in [0.4, 0.5) is 0 Å². The molecule has 5 heteroatoms. The smallest absolute Gasteiger partial charge is 0.341 e. The van der Waals surface area contributed by atoms with Gasteiger partial charge in [-0.1, -0.05) is 25.4 Å². The summed E-state index contributed by atoms with van der Waals surface area (Å²) >= 11 is 8.07. The fourth-order valence-corrected chi connectivity index (χ4v) is 1.78. The standard InChI is InChI=1S/C12H14ClIO3/c1-7(2)6-17-11-5-10(14)9(13)4-8(11)12(15)16-3/h4-5,7H,6H2,1-3H3. The molecule has 0 N–H and O–H groups in total. The molecule has 0 aliphatic carbocycles. The van der Waals surface area contributed by atoms with Crippen LogP contribution in [0.3, 0.4) is 0 Å². The molecule has 0 heterocycles. The van der Waals surface area contributed by atoms with E-state index in [1.165, 1.54) is 7.11 Å². The predicted octanol–water partition coefficient (Wildman–Crippen LogP) is 3.77. The number of hydrogen-bond donors (Lipinski definition) is 0. The minimum Gasteiger partial charge on any atom is -0.492 e. The molecule has 1 rings (SSSR count). The van der Waals surface area contributed by atoms with Gasteiger partial charge < -0.3 is 9.47 Å². The Morgan fingerprint density at radius 3 is 2.65 bits per heavy atom. The molecule has 3 nitrogen and oxygen atoms in total. The number of methoxy groups -OCH3 is 1. The van der Waals surface area contributed by atoms with Crippen LogP contribution < -0.4 is 4.74 Å². The van der Waals surface area contributed by atoms with Gasteiger partial charge in [-0.15, -0.1) is 0 Å². The zero-order valence-corrected chi connectivity index (χ0v) is 12.8. The molecule has 0 bridgehead atoms. The quantitative estimate of drug-likeness (QED) is 0.599. The summed E-state index contributed by atoms with van der Waals surface area (Å²) in [5, 5.41) is 0.517. The predicted molar refractivity (Wildman–Crippen MR) is 75.8 cm³/mol. The van der Waals surface area contributed by atoms with Gasteiger partial charge in [0.15, 0.2) is 0 Å². The third-order valence-electron chi connectivity index (χ3n) is 2.00. The Balaban J connectivity index is 3.07. The van der Waals surface area contributed by atoms with Gasteiger partial charge in [0.2, 0.25) is 0 Å². The molecule has 1 aromatic carbocycles. The minimum atomic E-state index is -0.443. The molecule has 0 radical (unpaired) electrons. The third kappa shape index (κ3) is 4.03. The molecule has 0 aromatic heterocycles. The number of rotatable bonds is 4. The minimum absolute atomic E-state index is 0.360. The van der Waals surface area contributed by atoms with Crippen LogP contribution in [0, 0.1) is 9.49 Å². The van der Waals surface area contributed by atoms with Crippen LogP contribution >= 0.6 is 34.2 Å². The number of benzene rings is 1. The average molecular weight is 369 g/mol. The normalized spacial score (nSPS) is 10.5. The second-order valence-electron chi connectivity index (χ2n) is 3.96. The SMILES string of the molecule is COC(=O)c1cc(Cl)c(I)cc1OCC(C)C. The second-order valence-corrected chi connectivity index (χ2v) is 5.53. The highest BCUT2D eigenvalue weighted by Gasteiger charge is 2.16. The molecule has 0 unspecified atom stereocenters. The molecule has 0 aliphatic rings. The summed E-state index contributed by atoms with van der Waals surface area (Å²) in [7, 11) is 1.33. The molecule has 0 saturated carbocycles. The van der Waals surface area contributed by atoms with Crippen molar-refractivity contribution < 1.29 is 14.3 Å². The van der Waals surface area contributed by atoms with E-state index in [9.17, 15) is 4.79 Å². The van der Waals surface area contributed by atoms with Crippen molar-refractivity contribution in [3.63, 3.8) is 0 Å². The maximum absolute atomic E-state index is 11.6. The summed E-state index contributed by atoms with van der Waals surface area (Å²) in [5.41, 5.74) is 0.360. The third-order valence-corrected chi connectivity index (χ3v) is 3.52. The van der Waals surface area contributed by atoms with Crippen LogP contribution in [-0.2, 0) is 4.74 Å². The van der Waals surface area contributed by atoms with E-state index in [0.717, 1.165) is 3.57 Å². The van der Waals surface area contributed by atoms with Crippen molar-refractivity contribution in [3.8, 4) is 5.75 Å². The molecular formula is C12H14ClIO3. The Morgan fingerprint density at radius 2 is 2.12 bits per heavy atom. The molecule has 1 aromatic rings. The van der Waals surface area contributed by atoms with Gasteiger partial charge in [0.05, 0.1) is 18.7 Å². The van der Waals surface area contributed by atoms with Gasteiger partial charge in [-0.25, -0.2) is 4.79 Å². The molecule has 94 valence electrons. The van der Waals surface area contributed by atoms with Crippen molar-refractivity contribution in [3.05, 3.63) is 26.3 Å². The van der Waals surface area contributed by atoms with Crippen molar-refractivity contribution >= 4 is 40.2 Å². The monoisotopic (exact) mass is 368 g/mol. The van der Waals surface area contributed by atoms with Gasteiger partial charge in [0.1, 0.15) is 11.3 Å². The number of carbonyl (C=O) groups is 1. The molecule has 17 heavy (non-hydrogen) atoms. The lowest BCUT2D eigenvalue weighted by atomic mass is 10.2. The summed E-state index contributed by atoms with van der Waals surface area (Å²) in [6.45, 7) is 4.62. The highest BCUT2D eigenvalue weighted by molar-refractivity contribution is 14.1. The first-order valence-electron chi connectivity index (χ1n) is 5.15. The zero-order valence-electron chi connectivity index (χ0n) is 9.92.